The highest BCUT2D eigenvalue weighted by Crippen LogP contribution is 2.31. The molecular weight excluding hydrogens is 396 g/mol. The molecule has 160 valence electrons. The van der Waals surface area contributed by atoms with E-state index in [1.165, 1.54) is 56.4 Å². The lowest BCUT2D eigenvalue weighted by Gasteiger charge is -2.39. The third-order valence-electron chi connectivity index (χ3n) is 7.04. The van der Waals surface area contributed by atoms with E-state index in [0.29, 0.717) is 37.0 Å². The number of rotatable bonds is 3. The number of hydrogen-bond acceptors (Lipinski definition) is 5. The predicted molar refractivity (Wildman–Crippen MR) is 118 cm³/mol. The fraction of sp³-hybridized carbons (Fsp3) is 0.609. The third-order valence-corrected chi connectivity index (χ3v) is 7.89. The number of aromatic nitrogens is 2. The first-order valence-electron chi connectivity index (χ1n) is 11.4. The molecule has 3 aliphatic rings. The Morgan fingerprint density at radius 1 is 1.13 bits per heavy atom. The van der Waals surface area contributed by atoms with E-state index in [2.05, 4.69) is 9.88 Å². The van der Waals surface area contributed by atoms with Crippen molar-refractivity contribution in [3.8, 4) is 0 Å². The molecule has 0 unspecified atom stereocenters. The number of thiophene rings is 1. The Hall–Kier alpha value is -1.99. The van der Waals surface area contributed by atoms with E-state index in [0.717, 1.165) is 29.4 Å². The zero-order valence-electron chi connectivity index (χ0n) is 17.4. The number of carbonyl (C=O) groups excluding carboxylic acids is 1. The number of nitrogens with one attached hydrogen (secondary N) is 1. The van der Waals surface area contributed by atoms with Gasteiger partial charge in [-0.2, -0.15) is 0 Å². The van der Waals surface area contributed by atoms with Gasteiger partial charge in [0.1, 0.15) is 5.82 Å². The molecule has 2 aromatic rings. The topological polar surface area (TPSA) is 69.3 Å². The molecule has 7 heteroatoms. The summed E-state index contributed by atoms with van der Waals surface area (Å²) in [6, 6.07) is 4.44. The van der Waals surface area contributed by atoms with Gasteiger partial charge in [-0.3, -0.25) is 14.5 Å². The molecule has 1 aliphatic carbocycles. The SMILES string of the molecule is O=C(c1cccs1)N1CCc2nc([C@H]3CCCN(C4CCCCC4)C3)[nH]c(=O)c2C1. The molecule has 0 aromatic carbocycles. The van der Waals surface area contributed by atoms with Crippen molar-refractivity contribution in [3.63, 3.8) is 0 Å². The van der Waals surface area contributed by atoms with E-state index < -0.39 is 0 Å². The molecule has 5 rings (SSSR count). The maximum Gasteiger partial charge on any atom is 0.264 e. The van der Waals surface area contributed by atoms with Crippen molar-refractivity contribution in [1.82, 2.24) is 19.8 Å². The first-order chi connectivity index (χ1) is 14.7. The first-order valence-corrected chi connectivity index (χ1v) is 12.3. The smallest absolute Gasteiger partial charge is 0.264 e. The van der Waals surface area contributed by atoms with Gasteiger partial charge in [-0.15, -0.1) is 11.3 Å². The van der Waals surface area contributed by atoms with Crippen LogP contribution in [0, 0.1) is 0 Å². The van der Waals surface area contributed by atoms with E-state index in [1.807, 2.05) is 17.5 Å². The van der Waals surface area contributed by atoms with Crippen molar-refractivity contribution >= 4 is 17.2 Å². The highest BCUT2D eigenvalue weighted by molar-refractivity contribution is 7.12. The zero-order valence-corrected chi connectivity index (χ0v) is 18.3. The van der Waals surface area contributed by atoms with Crippen LogP contribution in [0.15, 0.2) is 22.3 Å². The molecule has 6 nitrogen and oxygen atoms in total. The summed E-state index contributed by atoms with van der Waals surface area (Å²) in [6.45, 7) is 3.16. The predicted octanol–water partition coefficient (Wildman–Crippen LogP) is 3.54. The number of aromatic amines is 1. The van der Waals surface area contributed by atoms with Gasteiger partial charge < -0.3 is 9.88 Å². The number of piperidine rings is 1. The van der Waals surface area contributed by atoms with Crippen LogP contribution in [-0.4, -0.2) is 51.4 Å². The van der Waals surface area contributed by atoms with Crippen LogP contribution in [0.25, 0.3) is 0 Å². The monoisotopic (exact) mass is 426 g/mol. The van der Waals surface area contributed by atoms with Crippen LogP contribution in [-0.2, 0) is 13.0 Å². The fourth-order valence-corrected chi connectivity index (χ4v) is 6.07. The molecule has 1 saturated heterocycles. The lowest BCUT2D eigenvalue weighted by molar-refractivity contribution is 0.0737. The van der Waals surface area contributed by atoms with Crippen molar-refractivity contribution in [1.29, 1.82) is 0 Å². The molecule has 0 spiro atoms. The number of fused-ring (bicyclic) bond motifs is 1. The van der Waals surface area contributed by atoms with Crippen molar-refractivity contribution < 1.29 is 4.79 Å². The van der Waals surface area contributed by atoms with Crippen LogP contribution in [0.2, 0.25) is 0 Å². The Bertz CT molecular complexity index is 949. The number of hydrogen-bond donors (Lipinski definition) is 1. The second kappa shape index (κ2) is 8.63. The highest BCUT2D eigenvalue weighted by atomic mass is 32.1. The average Bonchev–Trinajstić information content (AvgIpc) is 3.34. The minimum absolute atomic E-state index is 0.00882. The number of amides is 1. The Balaban J connectivity index is 1.32. The summed E-state index contributed by atoms with van der Waals surface area (Å²) in [6.07, 6.45) is 9.62. The summed E-state index contributed by atoms with van der Waals surface area (Å²) >= 11 is 1.45. The largest absolute Gasteiger partial charge is 0.333 e. The Morgan fingerprint density at radius 2 is 2.00 bits per heavy atom. The summed E-state index contributed by atoms with van der Waals surface area (Å²) in [4.78, 5) is 38.8. The maximum absolute atomic E-state index is 12.9. The van der Waals surface area contributed by atoms with Gasteiger partial charge in [0.15, 0.2) is 0 Å². The molecular formula is C23H30N4O2S. The van der Waals surface area contributed by atoms with E-state index in [4.69, 9.17) is 4.98 Å². The molecule has 0 bridgehead atoms. The van der Waals surface area contributed by atoms with Crippen LogP contribution >= 0.6 is 11.3 Å². The second-order valence-electron chi connectivity index (χ2n) is 8.96. The minimum Gasteiger partial charge on any atom is -0.333 e. The van der Waals surface area contributed by atoms with Crippen LogP contribution in [0.5, 0.6) is 0 Å². The van der Waals surface area contributed by atoms with Gasteiger partial charge in [-0.1, -0.05) is 25.3 Å². The molecule has 4 heterocycles. The summed E-state index contributed by atoms with van der Waals surface area (Å²) in [5.41, 5.74) is 1.49. The molecule has 2 aliphatic heterocycles. The van der Waals surface area contributed by atoms with Crippen LogP contribution in [0.1, 0.15) is 77.6 Å². The van der Waals surface area contributed by atoms with Gasteiger partial charge in [0.2, 0.25) is 0 Å². The highest BCUT2D eigenvalue weighted by Gasteiger charge is 2.31. The molecule has 2 aromatic heterocycles. The molecule has 0 radical (unpaired) electrons. The van der Waals surface area contributed by atoms with Crippen molar-refractivity contribution in [2.75, 3.05) is 19.6 Å². The zero-order chi connectivity index (χ0) is 20.5. The summed E-state index contributed by atoms with van der Waals surface area (Å²) in [7, 11) is 0. The molecule has 1 saturated carbocycles. The van der Waals surface area contributed by atoms with Crippen LogP contribution in [0.4, 0.5) is 0 Å². The molecule has 30 heavy (non-hydrogen) atoms. The van der Waals surface area contributed by atoms with Gasteiger partial charge in [-0.25, -0.2) is 4.98 Å². The average molecular weight is 427 g/mol. The van der Waals surface area contributed by atoms with Crippen molar-refractivity contribution in [2.45, 2.75) is 69.9 Å². The summed E-state index contributed by atoms with van der Waals surface area (Å²) < 4.78 is 0. The number of likely N-dealkylation sites (tertiary alicyclic amines) is 1. The number of H-pyrrole nitrogens is 1. The Labute approximate surface area is 181 Å². The summed E-state index contributed by atoms with van der Waals surface area (Å²) in [5, 5.41) is 1.91. The van der Waals surface area contributed by atoms with Gasteiger partial charge in [0.25, 0.3) is 11.5 Å². The fourth-order valence-electron chi connectivity index (χ4n) is 5.37. The summed E-state index contributed by atoms with van der Waals surface area (Å²) in [5.74, 6) is 1.18. The van der Waals surface area contributed by atoms with Crippen LogP contribution in [0.3, 0.4) is 0 Å². The minimum atomic E-state index is -0.0616. The molecule has 1 N–H and O–H groups in total. The third kappa shape index (κ3) is 3.97. The molecule has 1 atom stereocenters. The lowest BCUT2D eigenvalue weighted by Crippen LogP contribution is -2.44. The number of nitrogens with zero attached hydrogens (tertiary/aromatic N) is 3. The molecule has 1 amide bonds. The van der Waals surface area contributed by atoms with Gasteiger partial charge in [-0.05, 0) is 43.7 Å². The van der Waals surface area contributed by atoms with E-state index in [9.17, 15) is 9.59 Å². The first kappa shape index (κ1) is 19.9. The van der Waals surface area contributed by atoms with Gasteiger partial charge in [0.05, 0.1) is 22.7 Å². The second-order valence-corrected chi connectivity index (χ2v) is 9.90. The van der Waals surface area contributed by atoms with E-state index >= 15 is 0 Å². The molecule has 2 fully saturated rings. The normalized spacial score (nSPS) is 23.3. The van der Waals surface area contributed by atoms with Crippen molar-refractivity contribution in [3.05, 3.63) is 49.8 Å². The van der Waals surface area contributed by atoms with Crippen LogP contribution < -0.4 is 5.56 Å². The van der Waals surface area contributed by atoms with Gasteiger partial charge >= 0.3 is 0 Å². The van der Waals surface area contributed by atoms with Gasteiger partial charge in [0, 0.05) is 31.5 Å². The maximum atomic E-state index is 12.9. The van der Waals surface area contributed by atoms with E-state index in [1.54, 1.807) is 4.90 Å². The van der Waals surface area contributed by atoms with E-state index in [-0.39, 0.29) is 11.5 Å². The standard InChI is InChI=1S/C23H30N4O2S/c28-22-18-15-27(23(29)20-9-5-13-30-20)12-10-19(18)24-21(25-22)16-6-4-11-26(14-16)17-7-2-1-3-8-17/h5,9,13,16-17H,1-4,6-8,10-12,14-15H2,(H,24,25,28)/t16-/m0/s1. The Morgan fingerprint density at radius 3 is 2.80 bits per heavy atom. The van der Waals surface area contributed by atoms with Crippen molar-refractivity contribution in [2.24, 2.45) is 0 Å². The Kier molecular flexibility index (Phi) is 5.74. The number of carbonyl (C=O) groups is 1. The lowest BCUT2D eigenvalue weighted by atomic mass is 9.90. The quantitative estimate of drug-likeness (QED) is 0.815.